The van der Waals surface area contributed by atoms with Crippen molar-refractivity contribution >= 4 is 35.0 Å². The van der Waals surface area contributed by atoms with E-state index in [0.29, 0.717) is 5.69 Å². The van der Waals surface area contributed by atoms with Crippen molar-refractivity contribution in [3.63, 3.8) is 0 Å². The first-order valence-electron chi connectivity index (χ1n) is 8.65. The Labute approximate surface area is 173 Å². The third kappa shape index (κ3) is 5.86. The molecule has 2 rings (SSSR count). The summed E-state index contributed by atoms with van der Waals surface area (Å²) in [6, 6.07) is 8.31. The average molecular weight is 420 g/mol. The number of hydrogen-bond acceptors (Lipinski definition) is 5. The minimum atomic E-state index is -0.681. The van der Waals surface area contributed by atoms with Gasteiger partial charge in [0.2, 0.25) is 5.91 Å². The second kappa shape index (κ2) is 9.79. The van der Waals surface area contributed by atoms with Gasteiger partial charge in [-0.05, 0) is 43.2 Å². The fourth-order valence-electron chi connectivity index (χ4n) is 2.48. The number of benzene rings is 2. The molecule has 0 heterocycles. The molecule has 0 aromatic heterocycles. The van der Waals surface area contributed by atoms with Crippen LogP contribution in [0.1, 0.15) is 21.5 Å². The summed E-state index contributed by atoms with van der Waals surface area (Å²) in [7, 11) is 1.36. The van der Waals surface area contributed by atoms with Gasteiger partial charge in [0.25, 0.3) is 11.8 Å². The molecule has 2 aromatic rings. The average Bonchev–Trinajstić information content (AvgIpc) is 2.67. The van der Waals surface area contributed by atoms with Crippen molar-refractivity contribution in [3.05, 3.63) is 52.0 Å². The van der Waals surface area contributed by atoms with E-state index in [1.807, 2.05) is 26.0 Å². The zero-order chi connectivity index (χ0) is 21.6. The second-order valence-corrected chi connectivity index (χ2v) is 6.63. The highest BCUT2D eigenvalue weighted by Crippen LogP contribution is 2.36. The van der Waals surface area contributed by atoms with Gasteiger partial charge in [0, 0.05) is 11.3 Å². The summed E-state index contributed by atoms with van der Waals surface area (Å²) in [5, 5.41) is 5.35. The number of aryl methyl sites for hydroxylation is 1. The Kier molecular flexibility index (Phi) is 7.44. The summed E-state index contributed by atoms with van der Waals surface area (Å²) in [4.78, 5) is 35.5. The van der Waals surface area contributed by atoms with E-state index in [2.05, 4.69) is 10.6 Å². The Morgan fingerprint density at radius 3 is 2.55 bits per heavy atom. The predicted molar refractivity (Wildman–Crippen MR) is 110 cm³/mol. The number of methoxy groups -OCH3 is 1. The quantitative estimate of drug-likeness (QED) is 0.605. The van der Waals surface area contributed by atoms with Gasteiger partial charge in [0.1, 0.15) is 0 Å². The molecule has 0 saturated carbocycles. The Bertz CT molecular complexity index is 946. The van der Waals surface area contributed by atoms with Crippen LogP contribution in [-0.4, -0.2) is 38.0 Å². The lowest BCUT2D eigenvalue weighted by Gasteiger charge is -2.14. The number of hydrogen-bond donors (Lipinski definition) is 3. The highest BCUT2D eigenvalue weighted by atomic mass is 35.5. The number of carbonyl (C=O) groups excluding carboxylic acids is 3. The number of primary amides is 1. The van der Waals surface area contributed by atoms with Crippen molar-refractivity contribution in [2.24, 2.45) is 5.73 Å². The van der Waals surface area contributed by atoms with Crippen molar-refractivity contribution in [2.45, 2.75) is 13.8 Å². The normalized spacial score (nSPS) is 10.2. The van der Waals surface area contributed by atoms with Gasteiger partial charge >= 0.3 is 0 Å². The summed E-state index contributed by atoms with van der Waals surface area (Å²) in [5.74, 6) is -1.32. The van der Waals surface area contributed by atoms with Gasteiger partial charge in [-0.3, -0.25) is 14.4 Å². The maximum absolute atomic E-state index is 12.4. The topological polar surface area (TPSA) is 120 Å². The van der Waals surface area contributed by atoms with Gasteiger partial charge in [-0.1, -0.05) is 23.7 Å². The van der Waals surface area contributed by atoms with E-state index < -0.39 is 11.8 Å². The van der Waals surface area contributed by atoms with Crippen LogP contribution in [0.5, 0.6) is 11.5 Å². The van der Waals surface area contributed by atoms with E-state index >= 15 is 0 Å². The fraction of sp³-hybridized carbons (Fsp3) is 0.250. The van der Waals surface area contributed by atoms with Crippen LogP contribution in [0.25, 0.3) is 0 Å². The van der Waals surface area contributed by atoms with Crippen LogP contribution in [0.15, 0.2) is 30.3 Å². The van der Waals surface area contributed by atoms with Gasteiger partial charge in [-0.25, -0.2) is 0 Å². The Hall–Kier alpha value is -3.26. The second-order valence-electron chi connectivity index (χ2n) is 6.22. The molecule has 154 valence electrons. The van der Waals surface area contributed by atoms with E-state index in [-0.39, 0.29) is 41.1 Å². The van der Waals surface area contributed by atoms with E-state index in [1.54, 1.807) is 6.07 Å². The Morgan fingerprint density at radius 2 is 1.90 bits per heavy atom. The molecule has 3 amide bonds. The van der Waals surface area contributed by atoms with E-state index in [0.717, 1.165) is 11.1 Å². The first kappa shape index (κ1) is 22.0. The number of nitrogens with one attached hydrogen (secondary N) is 2. The van der Waals surface area contributed by atoms with Gasteiger partial charge in [0.15, 0.2) is 18.1 Å². The molecule has 0 spiro atoms. The molecule has 0 aliphatic rings. The predicted octanol–water partition coefficient (Wildman–Crippen LogP) is 2.20. The zero-order valence-electron chi connectivity index (χ0n) is 16.3. The fourth-order valence-corrected chi connectivity index (χ4v) is 2.74. The Balaban J connectivity index is 2.04. The van der Waals surface area contributed by atoms with Crippen molar-refractivity contribution in [3.8, 4) is 11.5 Å². The number of anilines is 1. The summed E-state index contributed by atoms with van der Waals surface area (Å²) >= 11 is 6.13. The SMILES string of the molecule is COc1cc(C(=O)NCC(=O)Nc2cccc(C)c2C)cc(Cl)c1OCC(N)=O. The van der Waals surface area contributed by atoms with Gasteiger partial charge < -0.3 is 25.8 Å². The van der Waals surface area contributed by atoms with Crippen LogP contribution in [0.4, 0.5) is 5.69 Å². The highest BCUT2D eigenvalue weighted by Gasteiger charge is 2.17. The lowest BCUT2D eigenvalue weighted by atomic mass is 10.1. The van der Waals surface area contributed by atoms with Crippen LogP contribution in [0.2, 0.25) is 5.02 Å². The molecule has 2 aromatic carbocycles. The molecule has 0 atom stereocenters. The maximum atomic E-state index is 12.4. The number of amides is 3. The number of ether oxygens (including phenoxy) is 2. The van der Waals surface area contributed by atoms with Crippen LogP contribution in [0.3, 0.4) is 0 Å². The molecule has 4 N–H and O–H groups in total. The molecule has 8 nitrogen and oxygen atoms in total. The molecule has 0 aliphatic heterocycles. The molecule has 0 saturated heterocycles. The van der Waals surface area contributed by atoms with Crippen LogP contribution in [-0.2, 0) is 9.59 Å². The Morgan fingerprint density at radius 1 is 1.17 bits per heavy atom. The third-order valence-corrected chi connectivity index (χ3v) is 4.42. The van der Waals surface area contributed by atoms with Crippen molar-refractivity contribution in [2.75, 3.05) is 25.6 Å². The van der Waals surface area contributed by atoms with E-state index in [9.17, 15) is 14.4 Å². The van der Waals surface area contributed by atoms with Crippen LogP contribution < -0.4 is 25.8 Å². The van der Waals surface area contributed by atoms with Crippen molar-refractivity contribution in [1.29, 1.82) is 0 Å². The van der Waals surface area contributed by atoms with Crippen molar-refractivity contribution < 1.29 is 23.9 Å². The standard InChI is InChI=1S/C20H22ClN3O5/c1-11-5-4-6-15(12(11)2)24-18(26)9-23-20(27)13-7-14(21)19(16(8-13)28-3)29-10-17(22)25/h4-8H,9-10H2,1-3H3,(H2,22,25)(H,23,27)(H,24,26). The highest BCUT2D eigenvalue weighted by molar-refractivity contribution is 6.32. The summed E-state index contributed by atoms with van der Waals surface area (Å²) in [6.45, 7) is 3.23. The molecular formula is C20H22ClN3O5. The number of rotatable bonds is 8. The lowest BCUT2D eigenvalue weighted by molar-refractivity contribution is -0.120. The molecule has 0 radical (unpaired) electrons. The van der Waals surface area contributed by atoms with Crippen molar-refractivity contribution in [1.82, 2.24) is 5.32 Å². The lowest BCUT2D eigenvalue weighted by Crippen LogP contribution is -2.33. The minimum Gasteiger partial charge on any atom is -0.493 e. The molecule has 29 heavy (non-hydrogen) atoms. The monoisotopic (exact) mass is 419 g/mol. The maximum Gasteiger partial charge on any atom is 0.255 e. The summed E-state index contributed by atoms with van der Waals surface area (Å²) in [5.41, 5.74) is 7.90. The van der Waals surface area contributed by atoms with Gasteiger partial charge in [-0.2, -0.15) is 0 Å². The number of nitrogens with two attached hydrogens (primary N) is 1. The number of halogens is 1. The van der Waals surface area contributed by atoms with Crippen LogP contribution in [0, 0.1) is 13.8 Å². The molecule has 0 unspecified atom stereocenters. The largest absolute Gasteiger partial charge is 0.493 e. The molecular weight excluding hydrogens is 398 g/mol. The zero-order valence-corrected chi connectivity index (χ0v) is 17.1. The first-order valence-corrected chi connectivity index (χ1v) is 9.03. The third-order valence-electron chi connectivity index (χ3n) is 4.14. The molecule has 0 fully saturated rings. The first-order chi connectivity index (χ1) is 13.7. The van der Waals surface area contributed by atoms with Gasteiger partial charge in [0.05, 0.1) is 18.7 Å². The molecule has 9 heteroatoms. The molecule has 0 aliphatic carbocycles. The smallest absolute Gasteiger partial charge is 0.255 e. The van der Waals surface area contributed by atoms with E-state index in [4.69, 9.17) is 26.8 Å². The van der Waals surface area contributed by atoms with Crippen LogP contribution >= 0.6 is 11.6 Å². The number of carbonyl (C=O) groups is 3. The molecule has 0 bridgehead atoms. The minimum absolute atomic E-state index is 0.0654. The summed E-state index contributed by atoms with van der Waals surface area (Å²) < 4.78 is 10.4. The van der Waals surface area contributed by atoms with Gasteiger partial charge in [-0.15, -0.1) is 0 Å². The van der Waals surface area contributed by atoms with E-state index in [1.165, 1.54) is 19.2 Å². The summed E-state index contributed by atoms with van der Waals surface area (Å²) in [6.07, 6.45) is 0.